The molecule has 0 unspecified atom stereocenters. The van der Waals surface area contributed by atoms with Crippen molar-refractivity contribution >= 4 is 11.9 Å². The van der Waals surface area contributed by atoms with Gasteiger partial charge < -0.3 is 10.8 Å². The van der Waals surface area contributed by atoms with Crippen LogP contribution in [0.5, 0.6) is 0 Å². The molecule has 0 bridgehead atoms. The van der Waals surface area contributed by atoms with Crippen LogP contribution < -0.4 is 5.73 Å². The van der Waals surface area contributed by atoms with Gasteiger partial charge >= 0.3 is 5.97 Å². The maximum Gasteiger partial charge on any atom is 0.312 e. The molecule has 3 heterocycles. The number of fused-ring (bicyclic) bond motifs is 1. The van der Waals surface area contributed by atoms with Crippen LogP contribution in [0, 0.1) is 11.3 Å². The summed E-state index contributed by atoms with van der Waals surface area (Å²) in [6.45, 7) is 4.21. The Bertz CT molecular complexity index is 782. The zero-order valence-electron chi connectivity index (χ0n) is 14.6. The third kappa shape index (κ3) is 3.15. The van der Waals surface area contributed by atoms with Gasteiger partial charge in [0.1, 0.15) is 0 Å². The third-order valence-electron chi connectivity index (χ3n) is 5.56. The number of hydrogen-bond acceptors (Lipinski definition) is 6. The summed E-state index contributed by atoms with van der Waals surface area (Å²) in [7, 11) is 0. The lowest BCUT2D eigenvalue weighted by atomic mass is 9.81. The van der Waals surface area contributed by atoms with Crippen LogP contribution in [0.3, 0.4) is 0 Å². The summed E-state index contributed by atoms with van der Waals surface area (Å²) in [5.74, 6) is -0.293. The van der Waals surface area contributed by atoms with Gasteiger partial charge in [-0.15, -0.1) is 0 Å². The molecule has 0 aliphatic carbocycles. The molecule has 3 N–H and O–H groups in total. The van der Waals surface area contributed by atoms with Crippen LogP contribution in [0.1, 0.15) is 11.1 Å². The van der Waals surface area contributed by atoms with Crippen molar-refractivity contribution < 1.29 is 9.90 Å². The van der Waals surface area contributed by atoms with Gasteiger partial charge in [0.2, 0.25) is 5.95 Å². The monoisotopic (exact) mass is 353 g/mol. The Labute approximate surface area is 152 Å². The van der Waals surface area contributed by atoms with Gasteiger partial charge in [-0.25, -0.2) is 9.97 Å². The van der Waals surface area contributed by atoms with Crippen LogP contribution >= 0.6 is 0 Å². The number of carboxylic acid groups (broad SMARTS) is 1. The Kier molecular flexibility index (Phi) is 4.34. The Hall–Kier alpha value is -2.51. The van der Waals surface area contributed by atoms with Crippen LogP contribution in [0.4, 0.5) is 5.95 Å². The van der Waals surface area contributed by atoms with E-state index in [9.17, 15) is 9.90 Å². The van der Waals surface area contributed by atoms with Crippen molar-refractivity contribution in [2.24, 2.45) is 11.3 Å². The van der Waals surface area contributed by atoms with Gasteiger partial charge in [-0.2, -0.15) is 0 Å². The molecule has 0 saturated carbocycles. The average Bonchev–Trinajstić information content (AvgIpc) is 3.12. The number of aromatic nitrogens is 2. The molecular weight excluding hydrogens is 330 g/mol. The highest BCUT2D eigenvalue weighted by molar-refractivity contribution is 5.77. The number of anilines is 1. The summed E-state index contributed by atoms with van der Waals surface area (Å²) in [5, 5.41) is 9.98. The molecule has 4 rings (SSSR count). The van der Waals surface area contributed by atoms with E-state index in [1.807, 2.05) is 18.2 Å². The number of benzene rings is 1. The molecule has 136 valence electrons. The fraction of sp³-hybridized carbons (Fsp3) is 0.421. The molecule has 2 saturated heterocycles. The molecule has 0 spiro atoms. The zero-order chi connectivity index (χ0) is 18.1. The van der Waals surface area contributed by atoms with E-state index in [0.29, 0.717) is 19.6 Å². The number of likely N-dealkylation sites (tertiary alicyclic amines) is 2. The van der Waals surface area contributed by atoms with E-state index in [4.69, 9.17) is 5.73 Å². The van der Waals surface area contributed by atoms with E-state index in [2.05, 4.69) is 31.9 Å². The van der Waals surface area contributed by atoms with Crippen molar-refractivity contribution in [1.82, 2.24) is 19.8 Å². The van der Waals surface area contributed by atoms with E-state index in [0.717, 1.165) is 25.2 Å². The largest absolute Gasteiger partial charge is 0.481 e. The summed E-state index contributed by atoms with van der Waals surface area (Å²) in [6, 6.07) is 10.2. The van der Waals surface area contributed by atoms with Crippen molar-refractivity contribution in [2.75, 3.05) is 31.9 Å². The predicted octanol–water partition coefficient (Wildman–Crippen LogP) is 1.08. The summed E-state index contributed by atoms with van der Waals surface area (Å²) >= 11 is 0. The number of carboxylic acids is 1. The molecule has 2 aromatic rings. The van der Waals surface area contributed by atoms with Crippen LogP contribution in [0.15, 0.2) is 42.7 Å². The van der Waals surface area contributed by atoms with Crippen LogP contribution in [-0.4, -0.2) is 57.0 Å². The molecule has 7 nitrogen and oxygen atoms in total. The van der Waals surface area contributed by atoms with Gasteiger partial charge in [-0.05, 0) is 5.56 Å². The maximum atomic E-state index is 12.2. The normalized spacial score (nSPS) is 26.1. The van der Waals surface area contributed by atoms with Crippen LogP contribution in [0.25, 0.3) is 0 Å². The average molecular weight is 353 g/mol. The molecular formula is C19H23N5O2. The number of nitrogens with zero attached hydrogens (tertiary/aromatic N) is 4. The smallest absolute Gasteiger partial charge is 0.312 e. The summed E-state index contributed by atoms with van der Waals surface area (Å²) in [5.41, 5.74) is 7.02. The van der Waals surface area contributed by atoms with Gasteiger partial charge in [-0.3, -0.25) is 14.6 Å². The Morgan fingerprint density at radius 3 is 2.19 bits per heavy atom. The van der Waals surface area contributed by atoms with Crippen molar-refractivity contribution in [2.45, 2.75) is 13.1 Å². The Morgan fingerprint density at radius 2 is 1.65 bits per heavy atom. The molecule has 2 atom stereocenters. The summed E-state index contributed by atoms with van der Waals surface area (Å²) in [6.07, 6.45) is 3.43. The molecule has 2 fully saturated rings. The molecule has 2 aliphatic rings. The second-order valence-corrected chi connectivity index (χ2v) is 7.43. The van der Waals surface area contributed by atoms with Crippen molar-refractivity contribution in [3.8, 4) is 0 Å². The number of nitrogens with two attached hydrogens (primary N) is 1. The number of aliphatic carboxylic acids is 1. The van der Waals surface area contributed by atoms with Gasteiger partial charge in [0, 0.05) is 63.1 Å². The number of rotatable bonds is 5. The highest BCUT2D eigenvalue weighted by Gasteiger charge is 2.57. The van der Waals surface area contributed by atoms with Gasteiger partial charge in [0.05, 0.1) is 5.41 Å². The lowest BCUT2D eigenvalue weighted by Crippen LogP contribution is -2.40. The number of nitrogen functional groups attached to an aromatic ring is 1. The minimum absolute atomic E-state index is 0.137. The molecule has 0 radical (unpaired) electrons. The van der Waals surface area contributed by atoms with Crippen LogP contribution in [0.2, 0.25) is 0 Å². The van der Waals surface area contributed by atoms with E-state index in [1.54, 1.807) is 12.4 Å². The van der Waals surface area contributed by atoms with Gasteiger partial charge in [0.15, 0.2) is 0 Å². The summed E-state index contributed by atoms with van der Waals surface area (Å²) < 4.78 is 0. The first-order valence-corrected chi connectivity index (χ1v) is 8.83. The molecule has 0 amide bonds. The lowest BCUT2D eigenvalue weighted by molar-refractivity contribution is -0.149. The second kappa shape index (κ2) is 6.66. The molecule has 7 heteroatoms. The predicted molar refractivity (Wildman–Crippen MR) is 97.0 cm³/mol. The van der Waals surface area contributed by atoms with Gasteiger partial charge in [-0.1, -0.05) is 30.3 Å². The van der Waals surface area contributed by atoms with E-state index in [-0.39, 0.29) is 11.9 Å². The molecule has 1 aromatic carbocycles. The fourth-order valence-electron chi connectivity index (χ4n) is 4.36. The van der Waals surface area contributed by atoms with E-state index < -0.39 is 11.4 Å². The van der Waals surface area contributed by atoms with E-state index >= 15 is 0 Å². The minimum atomic E-state index is -0.691. The van der Waals surface area contributed by atoms with Crippen LogP contribution in [-0.2, 0) is 17.9 Å². The first-order valence-electron chi connectivity index (χ1n) is 8.83. The number of hydrogen-bond donors (Lipinski definition) is 2. The summed E-state index contributed by atoms with van der Waals surface area (Å²) in [4.78, 5) is 24.7. The molecule has 26 heavy (non-hydrogen) atoms. The highest BCUT2D eigenvalue weighted by atomic mass is 16.4. The van der Waals surface area contributed by atoms with E-state index in [1.165, 1.54) is 5.56 Å². The molecule has 1 aromatic heterocycles. The minimum Gasteiger partial charge on any atom is -0.481 e. The third-order valence-corrected chi connectivity index (χ3v) is 5.56. The second-order valence-electron chi connectivity index (χ2n) is 7.43. The topological polar surface area (TPSA) is 95.6 Å². The van der Waals surface area contributed by atoms with Crippen molar-refractivity contribution in [3.05, 3.63) is 53.9 Å². The van der Waals surface area contributed by atoms with Crippen molar-refractivity contribution in [1.29, 1.82) is 0 Å². The van der Waals surface area contributed by atoms with Gasteiger partial charge in [0.25, 0.3) is 0 Å². The Balaban J connectivity index is 1.45. The Morgan fingerprint density at radius 1 is 1.08 bits per heavy atom. The maximum absolute atomic E-state index is 12.2. The SMILES string of the molecule is Nc1ncc(CN2C[C@@H]3CN(Cc4ccccc4)C[C@]3(C(=O)O)C2)cn1. The first-order chi connectivity index (χ1) is 12.5. The number of carbonyl (C=O) groups is 1. The first kappa shape index (κ1) is 16.9. The fourth-order valence-corrected chi connectivity index (χ4v) is 4.36. The zero-order valence-corrected chi connectivity index (χ0v) is 14.6. The lowest BCUT2D eigenvalue weighted by Gasteiger charge is -2.25. The van der Waals surface area contributed by atoms with Crippen molar-refractivity contribution in [3.63, 3.8) is 0 Å². The quantitative estimate of drug-likeness (QED) is 0.830. The molecule has 2 aliphatic heterocycles. The standard InChI is InChI=1S/C19H23N5O2/c20-18-21-6-15(7-22-18)9-24-11-16-10-23(8-14-4-2-1-3-5-14)12-19(16,13-24)17(25)26/h1-7,16H,8-13H2,(H,25,26)(H2,20,21,22)/t16-,19-/m0/s1. The highest BCUT2D eigenvalue weighted by Crippen LogP contribution is 2.43.